The molecule has 12 aromatic carbocycles. The summed E-state index contributed by atoms with van der Waals surface area (Å²) in [5, 5.41) is 10.0. The Morgan fingerprint density at radius 3 is 1.47 bits per heavy atom. The van der Waals surface area contributed by atoms with Gasteiger partial charge in [-0.2, -0.15) is 0 Å². The lowest BCUT2D eigenvalue weighted by Gasteiger charge is -2.27. The second-order valence-electron chi connectivity index (χ2n) is 17.7. The maximum absolute atomic E-state index is 2.44. The molecule has 0 unspecified atom stereocenters. The maximum atomic E-state index is 2.44. The lowest BCUT2D eigenvalue weighted by atomic mass is 9.93. The van der Waals surface area contributed by atoms with Crippen LogP contribution in [0.3, 0.4) is 0 Å². The van der Waals surface area contributed by atoms with E-state index < -0.39 is 0 Å². The number of rotatable bonds is 8. The second kappa shape index (κ2) is 16.5. The van der Waals surface area contributed by atoms with Gasteiger partial charge >= 0.3 is 0 Å². The minimum absolute atomic E-state index is 1.08. The molecule has 0 aliphatic heterocycles. The Kier molecular flexibility index (Phi) is 9.54. The number of nitrogens with zero attached hydrogens (tertiary/aromatic N) is 2. The highest BCUT2D eigenvalue weighted by molar-refractivity contribution is 6.19. The fourth-order valence-electron chi connectivity index (χ4n) is 10.5. The first-order valence-corrected chi connectivity index (χ1v) is 23.4. The summed E-state index contributed by atoms with van der Waals surface area (Å²) in [5.74, 6) is 0. The van der Waals surface area contributed by atoms with Gasteiger partial charge in [-0.1, -0.05) is 206 Å². The van der Waals surface area contributed by atoms with Crippen LogP contribution in [0, 0.1) is 0 Å². The average Bonchev–Trinajstić information content (AvgIpc) is 3.76. The number of benzene rings is 12. The highest BCUT2D eigenvalue weighted by Crippen LogP contribution is 2.44. The highest BCUT2D eigenvalue weighted by Gasteiger charge is 2.19. The molecule has 68 heavy (non-hydrogen) atoms. The van der Waals surface area contributed by atoms with Crippen molar-refractivity contribution in [1.82, 2.24) is 4.57 Å². The number of fused-ring (bicyclic) bond motifs is 8. The topological polar surface area (TPSA) is 8.17 Å². The third kappa shape index (κ3) is 6.73. The van der Waals surface area contributed by atoms with E-state index in [0.29, 0.717) is 0 Å². The summed E-state index contributed by atoms with van der Waals surface area (Å²) >= 11 is 0. The molecule has 0 saturated heterocycles. The fourth-order valence-corrected chi connectivity index (χ4v) is 10.5. The van der Waals surface area contributed by atoms with Gasteiger partial charge in [-0.3, -0.25) is 0 Å². The minimum Gasteiger partial charge on any atom is -0.310 e. The lowest BCUT2D eigenvalue weighted by molar-refractivity contribution is 1.19. The smallest absolute Gasteiger partial charge is 0.0619 e. The molecular weight excluding hydrogens is 821 g/mol. The Morgan fingerprint density at radius 2 is 0.765 bits per heavy atom. The van der Waals surface area contributed by atoms with Gasteiger partial charge in [0.25, 0.3) is 0 Å². The van der Waals surface area contributed by atoms with Crippen LogP contribution in [0.1, 0.15) is 0 Å². The van der Waals surface area contributed by atoms with Crippen LogP contribution in [-0.4, -0.2) is 4.57 Å². The van der Waals surface area contributed by atoms with Gasteiger partial charge in [-0.15, -0.1) is 0 Å². The molecular formula is C66H44N2. The monoisotopic (exact) mass is 864 g/mol. The lowest BCUT2D eigenvalue weighted by Crippen LogP contribution is -2.10. The largest absolute Gasteiger partial charge is 0.310 e. The standard InChI is InChI=1S/C66H44N2/c1-4-16-46(17-5-1)57-41-38-55(44-64(57)47-18-6-2-7-19-47)67(54-36-30-49(31-37-54)63-42-51-21-11-12-24-56(51)59-26-14-15-27-60(59)63)53-34-28-45(29-35-53)50-33-39-61-62-40-32-48-20-10-13-25-58(48)66(62)68(65(61)43-50)52-22-8-3-9-23-52/h1-44H. The van der Waals surface area contributed by atoms with Gasteiger partial charge < -0.3 is 9.47 Å². The van der Waals surface area contributed by atoms with Crippen LogP contribution in [0.15, 0.2) is 267 Å². The number of hydrogen-bond acceptors (Lipinski definition) is 1. The van der Waals surface area contributed by atoms with Crippen LogP contribution in [-0.2, 0) is 0 Å². The van der Waals surface area contributed by atoms with Crippen LogP contribution >= 0.6 is 0 Å². The summed E-state index contributed by atoms with van der Waals surface area (Å²) in [4.78, 5) is 2.40. The van der Waals surface area contributed by atoms with Crippen LogP contribution < -0.4 is 4.90 Å². The molecule has 0 aliphatic carbocycles. The Bertz CT molecular complexity index is 3980. The first-order valence-electron chi connectivity index (χ1n) is 23.4. The van der Waals surface area contributed by atoms with Crippen molar-refractivity contribution in [3.05, 3.63) is 267 Å². The SMILES string of the molecule is c1ccc(-c2ccc(N(c3ccc(-c4ccc5c6ccc7ccccc7c6n(-c6ccccc6)c5c4)cc3)c3ccc(-c4cc5ccccc5c5ccccc45)cc3)cc2-c2ccccc2)cc1. The molecule has 0 atom stereocenters. The van der Waals surface area contributed by atoms with Gasteiger partial charge in [0.05, 0.1) is 11.0 Å². The van der Waals surface area contributed by atoms with Crippen molar-refractivity contribution in [2.75, 3.05) is 4.90 Å². The van der Waals surface area contributed by atoms with E-state index >= 15 is 0 Å². The summed E-state index contributed by atoms with van der Waals surface area (Å²) in [6.45, 7) is 0. The number of aromatic nitrogens is 1. The average molecular weight is 865 g/mol. The van der Waals surface area contributed by atoms with E-state index in [-0.39, 0.29) is 0 Å². The van der Waals surface area contributed by atoms with Crippen molar-refractivity contribution in [1.29, 1.82) is 0 Å². The van der Waals surface area contributed by atoms with Gasteiger partial charge in [-0.25, -0.2) is 0 Å². The van der Waals surface area contributed by atoms with Crippen molar-refractivity contribution in [3.8, 4) is 50.2 Å². The second-order valence-corrected chi connectivity index (χ2v) is 17.7. The summed E-state index contributed by atoms with van der Waals surface area (Å²) in [6, 6.07) is 97.5. The van der Waals surface area contributed by atoms with Crippen LogP contribution in [0.5, 0.6) is 0 Å². The van der Waals surface area contributed by atoms with Gasteiger partial charge in [0.15, 0.2) is 0 Å². The third-order valence-electron chi connectivity index (χ3n) is 13.8. The molecule has 0 fully saturated rings. The van der Waals surface area contributed by atoms with Gasteiger partial charge in [0.2, 0.25) is 0 Å². The summed E-state index contributed by atoms with van der Waals surface area (Å²) in [7, 11) is 0. The molecule has 1 aromatic heterocycles. The Labute approximate surface area is 395 Å². The Balaban J connectivity index is 0.955. The fraction of sp³-hybridized carbons (Fsp3) is 0. The van der Waals surface area contributed by atoms with Crippen LogP contribution in [0.4, 0.5) is 17.1 Å². The molecule has 13 aromatic rings. The highest BCUT2D eigenvalue weighted by atomic mass is 15.1. The van der Waals surface area contributed by atoms with Gasteiger partial charge in [-0.05, 0) is 132 Å². The number of hydrogen-bond donors (Lipinski definition) is 0. The van der Waals surface area contributed by atoms with Crippen molar-refractivity contribution in [3.63, 3.8) is 0 Å². The van der Waals surface area contributed by atoms with Crippen molar-refractivity contribution >= 4 is 71.2 Å². The van der Waals surface area contributed by atoms with E-state index in [9.17, 15) is 0 Å². The predicted octanol–water partition coefficient (Wildman–Crippen LogP) is 18.4. The van der Waals surface area contributed by atoms with Crippen LogP contribution in [0.2, 0.25) is 0 Å². The van der Waals surface area contributed by atoms with E-state index in [4.69, 9.17) is 0 Å². The van der Waals surface area contributed by atoms with Crippen molar-refractivity contribution in [2.45, 2.75) is 0 Å². The molecule has 2 nitrogen and oxygen atoms in total. The van der Waals surface area contributed by atoms with Crippen LogP contribution in [0.25, 0.3) is 104 Å². The zero-order chi connectivity index (χ0) is 45.0. The Morgan fingerprint density at radius 1 is 0.250 bits per heavy atom. The normalized spacial score (nSPS) is 11.5. The molecule has 0 saturated carbocycles. The summed E-state index contributed by atoms with van der Waals surface area (Å²) in [6.07, 6.45) is 0. The minimum atomic E-state index is 1.08. The molecule has 2 heteroatoms. The maximum Gasteiger partial charge on any atom is 0.0619 e. The molecule has 318 valence electrons. The molecule has 0 N–H and O–H groups in total. The molecule has 0 bridgehead atoms. The quantitative estimate of drug-likeness (QED) is 0.138. The van der Waals surface area contributed by atoms with E-state index in [1.165, 1.54) is 93.1 Å². The number of anilines is 3. The molecule has 13 rings (SSSR count). The molecule has 0 spiro atoms. The number of para-hydroxylation sites is 1. The first-order chi connectivity index (χ1) is 33.7. The molecule has 0 aliphatic rings. The summed E-state index contributed by atoms with van der Waals surface area (Å²) < 4.78 is 2.44. The Hall–Kier alpha value is -8.98. The van der Waals surface area contributed by atoms with Crippen molar-refractivity contribution < 1.29 is 0 Å². The zero-order valence-electron chi connectivity index (χ0n) is 37.3. The molecule has 0 amide bonds. The summed E-state index contributed by atoms with van der Waals surface area (Å²) in [5.41, 5.74) is 16.3. The van der Waals surface area contributed by atoms with Crippen molar-refractivity contribution in [2.24, 2.45) is 0 Å². The van der Waals surface area contributed by atoms with Gasteiger partial charge in [0, 0.05) is 38.9 Å². The van der Waals surface area contributed by atoms with E-state index in [0.717, 1.165) is 28.3 Å². The first kappa shape index (κ1) is 39.4. The van der Waals surface area contributed by atoms with E-state index in [2.05, 4.69) is 276 Å². The molecule has 0 radical (unpaired) electrons. The van der Waals surface area contributed by atoms with E-state index in [1.807, 2.05) is 0 Å². The molecule has 1 heterocycles. The zero-order valence-corrected chi connectivity index (χ0v) is 37.3. The van der Waals surface area contributed by atoms with Gasteiger partial charge in [0.1, 0.15) is 0 Å². The predicted molar refractivity (Wildman–Crippen MR) is 290 cm³/mol. The van der Waals surface area contributed by atoms with E-state index in [1.54, 1.807) is 0 Å². The third-order valence-corrected chi connectivity index (χ3v) is 13.8.